The average Bonchev–Trinajstić information content (AvgIpc) is 3.02. The van der Waals surface area contributed by atoms with Crippen molar-refractivity contribution in [3.05, 3.63) is 46.5 Å². The molecule has 0 fully saturated rings. The molecule has 156 valence electrons. The van der Waals surface area contributed by atoms with E-state index in [-0.39, 0.29) is 18.9 Å². The van der Waals surface area contributed by atoms with Gasteiger partial charge in [0.15, 0.2) is 5.13 Å². The minimum Gasteiger partial charge on any atom is -0.444 e. The molecule has 1 aromatic heterocycles. The van der Waals surface area contributed by atoms with E-state index >= 15 is 0 Å². The van der Waals surface area contributed by atoms with E-state index in [1.54, 1.807) is 20.8 Å². The first kappa shape index (κ1) is 21.3. The Labute approximate surface area is 175 Å². The van der Waals surface area contributed by atoms with Gasteiger partial charge in [0.1, 0.15) is 5.60 Å². The topological polar surface area (TPSA) is 83.6 Å². The molecule has 0 spiro atoms. The van der Waals surface area contributed by atoms with E-state index in [1.165, 1.54) is 21.8 Å². The Morgan fingerprint density at radius 1 is 1.24 bits per heavy atom. The highest BCUT2D eigenvalue weighted by Crippen LogP contribution is 2.29. The molecule has 0 saturated heterocycles. The van der Waals surface area contributed by atoms with Crippen molar-refractivity contribution in [1.82, 2.24) is 15.2 Å². The number of hydrogen-bond acceptors (Lipinski definition) is 6. The zero-order valence-electron chi connectivity index (χ0n) is 17.2. The summed E-state index contributed by atoms with van der Waals surface area (Å²) < 4.78 is 5.15. The molecule has 29 heavy (non-hydrogen) atoms. The second kappa shape index (κ2) is 9.37. The van der Waals surface area contributed by atoms with Crippen molar-refractivity contribution in [2.75, 3.05) is 18.4 Å². The molecule has 2 aromatic rings. The van der Waals surface area contributed by atoms with Crippen LogP contribution in [0.15, 0.2) is 30.3 Å². The van der Waals surface area contributed by atoms with Crippen molar-refractivity contribution >= 4 is 28.5 Å². The van der Waals surface area contributed by atoms with Gasteiger partial charge in [0.05, 0.1) is 5.69 Å². The Kier molecular flexibility index (Phi) is 6.87. The van der Waals surface area contributed by atoms with E-state index in [9.17, 15) is 9.59 Å². The first-order chi connectivity index (χ1) is 13.8. The summed E-state index contributed by atoms with van der Waals surface area (Å²) in [6.45, 7) is 8.32. The fraction of sp³-hybridized carbons (Fsp3) is 0.476. The SMILES string of the molecule is CC(C)(C)OC(=O)NCCC(=O)Nc1nc2c(s1)CN(Cc1ccccc1)CC2. The molecule has 7 nitrogen and oxygen atoms in total. The predicted octanol–water partition coefficient (Wildman–Crippen LogP) is 3.55. The number of carbonyl (C=O) groups is 2. The van der Waals surface area contributed by atoms with Gasteiger partial charge in [-0.15, -0.1) is 11.3 Å². The van der Waals surface area contributed by atoms with Crippen molar-refractivity contribution in [3.8, 4) is 0 Å². The highest BCUT2D eigenvalue weighted by Gasteiger charge is 2.21. The van der Waals surface area contributed by atoms with Gasteiger partial charge in [0, 0.05) is 43.9 Å². The first-order valence-corrected chi connectivity index (χ1v) is 10.6. The average molecular weight is 417 g/mol. The number of nitrogens with one attached hydrogen (secondary N) is 2. The molecule has 2 N–H and O–H groups in total. The number of nitrogens with zero attached hydrogens (tertiary/aromatic N) is 2. The summed E-state index contributed by atoms with van der Waals surface area (Å²) in [7, 11) is 0. The number of carbonyl (C=O) groups excluding carboxylic acids is 2. The number of ether oxygens (including phenoxy) is 1. The van der Waals surface area contributed by atoms with Crippen LogP contribution >= 0.6 is 11.3 Å². The molecule has 2 amide bonds. The van der Waals surface area contributed by atoms with Gasteiger partial charge < -0.3 is 15.4 Å². The van der Waals surface area contributed by atoms with E-state index in [1.807, 2.05) is 6.07 Å². The number of benzene rings is 1. The zero-order chi connectivity index (χ0) is 20.9. The lowest BCUT2D eigenvalue weighted by molar-refractivity contribution is -0.116. The van der Waals surface area contributed by atoms with Gasteiger partial charge in [-0.3, -0.25) is 9.69 Å². The van der Waals surface area contributed by atoms with E-state index in [0.717, 1.165) is 31.7 Å². The minimum atomic E-state index is -0.555. The summed E-state index contributed by atoms with van der Waals surface area (Å²) in [5, 5.41) is 6.06. The van der Waals surface area contributed by atoms with Crippen LogP contribution in [0.4, 0.5) is 9.93 Å². The van der Waals surface area contributed by atoms with Crippen LogP contribution in [-0.2, 0) is 29.0 Å². The molecule has 0 aliphatic carbocycles. The summed E-state index contributed by atoms with van der Waals surface area (Å²) in [4.78, 5) is 31.9. The summed E-state index contributed by atoms with van der Waals surface area (Å²) in [6, 6.07) is 10.4. The molecule has 1 aliphatic heterocycles. The summed E-state index contributed by atoms with van der Waals surface area (Å²) in [5.74, 6) is -0.173. The number of hydrogen-bond donors (Lipinski definition) is 2. The molecular formula is C21H28N4O3S. The third kappa shape index (κ3) is 6.83. The van der Waals surface area contributed by atoms with Gasteiger partial charge in [-0.1, -0.05) is 30.3 Å². The lowest BCUT2D eigenvalue weighted by Crippen LogP contribution is -2.34. The molecule has 1 aromatic carbocycles. The fourth-order valence-corrected chi connectivity index (χ4v) is 4.12. The highest BCUT2D eigenvalue weighted by atomic mass is 32.1. The highest BCUT2D eigenvalue weighted by molar-refractivity contribution is 7.15. The van der Waals surface area contributed by atoms with Crippen LogP contribution in [-0.4, -0.2) is 40.6 Å². The number of anilines is 1. The molecule has 0 radical (unpaired) electrons. The Balaban J connectivity index is 1.45. The second-order valence-electron chi connectivity index (χ2n) is 8.06. The molecule has 0 atom stereocenters. The third-order valence-corrected chi connectivity index (χ3v) is 5.32. The van der Waals surface area contributed by atoms with Crippen LogP contribution < -0.4 is 10.6 Å². The number of aromatic nitrogens is 1. The van der Waals surface area contributed by atoms with Crippen molar-refractivity contribution in [2.45, 2.75) is 52.3 Å². The summed E-state index contributed by atoms with van der Waals surface area (Å²) >= 11 is 1.53. The van der Waals surface area contributed by atoms with Crippen LogP contribution in [0.3, 0.4) is 0 Å². The molecule has 0 saturated carbocycles. The van der Waals surface area contributed by atoms with Crippen LogP contribution in [0, 0.1) is 0 Å². The molecule has 0 unspecified atom stereocenters. The predicted molar refractivity (Wildman–Crippen MR) is 114 cm³/mol. The Bertz CT molecular complexity index is 845. The van der Waals surface area contributed by atoms with Gasteiger partial charge in [-0.2, -0.15) is 0 Å². The van der Waals surface area contributed by atoms with Crippen LogP contribution in [0.5, 0.6) is 0 Å². The van der Waals surface area contributed by atoms with Crippen LogP contribution in [0.25, 0.3) is 0 Å². The molecular weight excluding hydrogens is 388 g/mol. The standard InChI is InChI=1S/C21H28N4O3S/c1-21(2,3)28-20(27)22-11-9-18(26)24-19-23-16-10-12-25(14-17(16)29-19)13-15-7-5-4-6-8-15/h4-8H,9-14H2,1-3H3,(H,22,27)(H,23,24,26). The van der Waals surface area contributed by atoms with Crippen LogP contribution in [0.1, 0.15) is 43.3 Å². The Hall–Kier alpha value is -2.45. The van der Waals surface area contributed by atoms with Gasteiger partial charge in [-0.05, 0) is 26.3 Å². The van der Waals surface area contributed by atoms with Gasteiger partial charge in [-0.25, -0.2) is 9.78 Å². The second-order valence-corrected chi connectivity index (χ2v) is 9.15. The van der Waals surface area contributed by atoms with Crippen molar-refractivity contribution in [3.63, 3.8) is 0 Å². The van der Waals surface area contributed by atoms with E-state index in [4.69, 9.17) is 4.74 Å². The van der Waals surface area contributed by atoms with Gasteiger partial charge in [0.2, 0.25) is 5.91 Å². The maximum atomic E-state index is 12.2. The van der Waals surface area contributed by atoms with Gasteiger partial charge >= 0.3 is 6.09 Å². The van der Waals surface area contributed by atoms with Crippen molar-refractivity contribution < 1.29 is 14.3 Å². The van der Waals surface area contributed by atoms with Crippen LogP contribution in [0.2, 0.25) is 0 Å². The van der Waals surface area contributed by atoms with Gasteiger partial charge in [0.25, 0.3) is 0 Å². The molecule has 0 bridgehead atoms. The number of fused-ring (bicyclic) bond motifs is 1. The molecule has 3 rings (SSSR count). The quantitative estimate of drug-likeness (QED) is 0.752. The maximum absolute atomic E-state index is 12.2. The summed E-state index contributed by atoms with van der Waals surface area (Å²) in [5.41, 5.74) is 1.81. The lowest BCUT2D eigenvalue weighted by atomic mass is 10.1. The smallest absolute Gasteiger partial charge is 0.407 e. The number of amides is 2. The fourth-order valence-electron chi connectivity index (χ4n) is 3.05. The first-order valence-electron chi connectivity index (χ1n) is 9.80. The Morgan fingerprint density at radius 2 is 2.00 bits per heavy atom. The van der Waals surface area contributed by atoms with E-state index in [2.05, 4.69) is 44.8 Å². The Morgan fingerprint density at radius 3 is 2.72 bits per heavy atom. The normalized spacial score (nSPS) is 14.2. The number of rotatable bonds is 6. The minimum absolute atomic E-state index is 0.170. The van der Waals surface area contributed by atoms with Crippen molar-refractivity contribution in [2.24, 2.45) is 0 Å². The van der Waals surface area contributed by atoms with Crippen molar-refractivity contribution in [1.29, 1.82) is 0 Å². The lowest BCUT2D eigenvalue weighted by Gasteiger charge is -2.25. The molecule has 8 heteroatoms. The third-order valence-electron chi connectivity index (χ3n) is 4.33. The maximum Gasteiger partial charge on any atom is 0.407 e. The monoisotopic (exact) mass is 416 g/mol. The largest absolute Gasteiger partial charge is 0.444 e. The molecule has 2 heterocycles. The zero-order valence-corrected chi connectivity index (χ0v) is 18.0. The number of alkyl carbamates (subject to hydrolysis) is 1. The van der Waals surface area contributed by atoms with E-state index < -0.39 is 11.7 Å². The summed E-state index contributed by atoms with van der Waals surface area (Å²) in [6.07, 6.45) is 0.534. The van der Waals surface area contributed by atoms with E-state index in [0.29, 0.717) is 5.13 Å². The molecule has 1 aliphatic rings. The number of thiazole rings is 1.